The third-order valence-corrected chi connectivity index (χ3v) is 7.81. The van der Waals surface area contributed by atoms with Crippen LogP contribution in [0.2, 0.25) is 0 Å². The molecule has 242 valence electrons. The molecule has 2 aromatic rings. The number of fused-ring (bicyclic) bond motifs is 1. The maximum absolute atomic E-state index is 15.3. The summed E-state index contributed by atoms with van der Waals surface area (Å²) in [7, 11) is 2.76. The molecule has 10 nitrogen and oxygen atoms in total. The molecular formula is C32H43BrFN3O7. The van der Waals surface area contributed by atoms with Gasteiger partial charge in [0.15, 0.2) is 23.1 Å². The van der Waals surface area contributed by atoms with E-state index in [1.54, 1.807) is 11.0 Å². The molecule has 0 aromatic heterocycles. The summed E-state index contributed by atoms with van der Waals surface area (Å²) < 4.78 is 37.7. The molecule has 12 heteroatoms. The first kappa shape index (κ1) is 35.1. The van der Waals surface area contributed by atoms with E-state index in [0.717, 1.165) is 24.1 Å². The molecule has 1 saturated heterocycles. The van der Waals surface area contributed by atoms with Crippen molar-refractivity contribution < 1.29 is 38.0 Å². The van der Waals surface area contributed by atoms with Crippen molar-refractivity contribution in [3.05, 3.63) is 46.3 Å². The molecule has 2 aliphatic heterocycles. The summed E-state index contributed by atoms with van der Waals surface area (Å²) >= 11 is 0. The van der Waals surface area contributed by atoms with E-state index in [9.17, 15) is 9.59 Å². The summed E-state index contributed by atoms with van der Waals surface area (Å²) in [5, 5.41) is 17.7. The average molecular weight is 681 g/mol. The normalized spacial score (nSPS) is 16.1. The predicted molar refractivity (Wildman–Crippen MR) is 171 cm³/mol. The molecule has 2 heterocycles. The second kappa shape index (κ2) is 14.6. The van der Waals surface area contributed by atoms with E-state index >= 15 is 4.39 Å². The molecule has 0 radical (unpaired) electrons. The molecule has 0 amide bonds. The standard InChI is InChI=1S/C32H42FN3O7.BrH/c1-7-8-11-42-29-22(32(2,3)4)12-19(13-23(29)35-10-9-21(16-35)43-18-26(38)39)24(37)17-36-15-20-14-25(40-5)30(41-6)28(33)27(20)31(36)34;/h12-14,21,34H,7-11,15-18H2,1-6H3,(H,38,39);1H. The highest BCUT2D eigenvalue weighted by Crippen LogP contribution is 2.42. The monoisotopic (exact) mass is 679 g/mol. The van der Waals surface area contributed by atoms with Crippen molar-refractivity contribution in [2.75, 3.05) is 52.0 Å². The Morgan fingerprint density at radius 1 is 1.14 bits per heavy atom. The number of Topliss-reactive ketones (excluding diaryl/α,β-unsaturated/α-hetero) is 1. The van der Waals surface area contributed by atoms with Crippen LogP contribution in [0.3, 0.4) is 0 Å². The number of rotatable bonds is 13. The van der Waals surface area contributed by atoms with E-state index in [0.29, 0.717) is 43.0 Å². The second-order valence-electron chi connectivity index (χ2n) is 12.0. The lowest BCUT2D eigenvalue weighted by molar-refractivity contribution is -0.143. The number of carbonyl (C=O) groups is 2. The van der Waals surface area contributed by atoms with Gasteiger partial charge in [0.2, 0.25) is 0 Å². The van der Waals surface area contributed by atoms with Crippen molar-refractivity contribution in [3.8, 4) is 17.2 Å². The topological polar surface area (TPSA) is 122 Å². The van der Waals surface area contributed by atoms with Gasteiger partial charge in [-0.15, -0.1) is 17.0 Å². The number of carboxylic acids is 1. The molecule has 44 heavy (non-hydrogen) atoms. The van der Waals surface area contributed by atoms with Gasteiger partial charge in [0.05, 0.1) is 44.7 Å². The highest BCUT2D eigenvalue weighted by molar-refractivity contribution is 8.93. The number of carbonyl (C=O) groups excluding carboxylic acids is 1. The van der Waals surface area contributed by atoms with Crippen LogP contribution < -0.4 is 19.1 Å². The first-order valence-corrected chi connectivity index (χ1v) is 14.6. The highest BCUT2D eigenvalue weighted by Gasteiger charge is 2.35. The summed E-state index contributed by atoms with van der Waals surface area (Å²) in [6.45, 7) is 9.57. The van der Waals surface area contributed by atoms with Crippen molar-refractivity contribution >= 4 is 40.3 Å². The lowest BCUT2D eigenvalue weighted by atomic mass is 9.84. The first-order valence-electron chi connectivity index (χ1n) is 14.6. The van der Waals surface area contributed by atoms with Gasteiger partial charge in [-0.25, -0.2) is 9.18 Å². The third kappa shape index (κ3) is 7.46. The van der Waals surface area contributed by atoms with E-state index in [1.807, 2.05) is 12.1 Å². The van der Waals surface area contributed by atoms with Crippen molar-refractivity contribution in [2.24, 2.45) is 0 Å². The van der Waals surface area contributed by atoms with Crippen molar-refractivity contribution in [1.82, 2.24) is 4.90 Å². The number of carboxylic acid groups (broad SMARTS) is 1. The van der Waals surface area contributed by atoms with Crippen molar-refractivity contribution in [2.45, 2.75) is 65.0 Å². The molecule has 4 rings (SSSR count). The fraction of sp³-hybridized carbons (Fsp3) is 0.531. The van der Waals surface area contributed by atoms with Crippen LogP contribution in [0.5, 0.6) is 17.2 Å². The van der Waals surface area contributed by atoms with E-state index in [1.165, 1.54) is 14.2 Å². The van der Waals surface area contributed by atoms with Crippen LogP contribution in [0.25, 0.3) is 0 Å². The molecule has 1 atom stereocenters. The Bertz CT molecular complexity index is 1400. The minimum Gasteiger partial charge on any atom is -0.493 e. The van der Waals surface area contributed by atoms with Gasteiger partial charge in [0.25, 0.3) is 0 Å². The Morgan fingerprint density at radius 3 is 2.48 bits per heavy atom. The Kier molecular flexibility index (Phi) is 11.6. The Labute approximate surface area is 268 Å². The van der Waals surface area contributed by atoms with Gasteiger partial charge in [-0.3, -0.25) is 10.2 Å². The maximum Gasteiger partial charge on any atom is 0.329 e. The van der Waals surface area contributed by atoms with Gasteiger partial charge in [-0.2, -0.15) is 0 Å². The summed E-state index contributed by atoms with van der Waals surface area (Å²) in [4.78, 5) is 28.5. The number of nitrogens with zero attached hydrogens (tertiary/aromatic N) is 2. The number of aliphatic carboxylic acids is 1. The van der Waals surface area contributed by atoms with Crippen molar-refractivity contribution in [1.29, 1.82) is 5.41 Å². The molecule has 1 unspecified atom stereocenters. The van der Waals surface area contributed by atoms with Crippen LogP contribution >= 0.6 is 17.0 Å². The molecule has 2 aliphatic rings. The van der Waals surface area contributed by atoms with E-state index < -0.39 is 11.8 Å². The number of unbranched alkanes of at least 4 members (excludes halogenated alkanes) is 1. The van der Waals surface area contributed by atoms with Gasteiger partial charge in [-0.1, -0.05) is 34.1 Å². The summed E-state index contributed by atoms with van der Waals surface area (Å²) in [6.07, 6.45) is 2.22. The highest BCUT2D eigenvalue weighted by atomic mass is 79.9. The summed E-state index contributed by atoms with van der Waals surface area (Å²) in [6, 6.07) is 5.32. The minimum atomic E-state index is -1.02. The molecule has 0 spiro atoms. The fourth-order valence-electron chi connectivity index (χ4n) is 5.53. The van der Waals surface area contributed by atoms with Gasteiger partial charge < -0.3 is 33.9 Å². The van der Waals surface area contributed by atoms with Crippen LogP contribution in [0.15, 0.2) is 18.2 Å². The number of ether oxygens (including phenoxy) is 4. The van der Waals surface area contributed by atoms with Crippen LogP contribution in [-0.4, -0.2) is 80.8 Å². The first-order chi connectivity index (χ1) is 20.4. The Hall–Kier alpha value is -3.38. The molecule has 1 fully saturated rings. The second-order valence-corrected chi connectivity index (χ2v) is 12.0. The quantitative estimate of drug-likeness (QED) is 0.206. The average Bonchev–Trinajstić information content (AvgIpc) is 3.55. The number of methoxy groups -OCH3 is 2. The van der Waals surface area contributed by atoms with E-state index in [-0.39, 0.29) is 76.9 Å². The molecule has 0 saturated carbocycles. The zero-order valence-corrected chi connectivity index (χ0v) is 28.0. The lowest BCUT2D eigenvalue weighted by Crippen LogP contribution is -2.31. The van der Waals surface area contributed by atoms with Crippen LogP contribution in [0.4, 0.5) is 10.1 Å². The largest absolute Gasteiger partial charge is 0.493 e. The zero-order valence-electron chi connectivity index (χ0n) is 26.3. The van der Waals surface area contributed by atoms with Crippen LogP contribution in [-0.2, 0) is 21.5 Å². The molecule has 0 aliphatic carbocycles. The molecular weight excluding hydrogens is 637 g/mol. The lowest BCUT2D eigenvalue weighted by Gasteiger charge is -2.30. The van der Waals surface area contributed by atoms with Gasteiger partial charge in [-0.05, 0) is 42.0 Å². The number of nitrogens with one attached hydrogen (secondary N) is 1. The number of amidine groups is 1. The Balaban J connectivity index is 0.00000529. The number of benzene rings is 2. The smallest absolute Gasteiger partial charge is 0.329 e. The fourth-order valence-corrected chi connectivity index (χ4v) is 5.53. The summed E-state index contributed by atoms with van der Waals surface area (Å²) in [5.74, 6) is -1.15. The number of halogens is 2. The third-order valence-electron chi connectivity index (χ3n) is 7.81. The molecule has 0 bridgehead atoms. The zero-order chi connectivity index (χ0) is 31.5. The Morgan fingerprint density at radius 2 is 1.86 bits per heavy atom. The summed E-state index contributed by atoms with van der Waals surface area (Å²) in [5.41, 5.74) is 2.38. The van der Waals surface area contributed by atoms with Gasteiger partial charge in [0, 0.05) is 30.8 Å². The molecule has 2 aromatic carbocycles. The number of hydrogen-bond acceptors (Lipinski definition) is 8. The van der Waals surface area contributed by atoms with E-state index in [2.05, 4.69) is 32.6 Å². The number of hydrogen-bond donors (Lipinski definition) is 2. The minimum absolute atomic E-state index is 0. The maximum atomic E-state index is 15.3. The van der Waals surface area contributed by atoms with Crippen molar-refractivity contribution in [3.63, 3.8) is 0 Å². The van der Waals surface area contributed by atoms with Crippen LogP contribution in [0, 0.1) is 11.2 Å². The van der Waals surface area contributed by atoms with Gasteiger partial charge in [0.1, 0.15) is 18.2 Å². The van der Waals surface area contributed by atoms with Crippen LogP contribution in [0.1, 0.15) is 74.0 Å². The van der Waals surface area contributed by atoms with Gasteiger partial charge >= 0.3 is 5.97 Å². The van der Waals surface area contributed by atoms with E-state index in [4.69, 9.17) is 29.5 Å². The predicted octanol–water partition coefficient (Wildman–Crippen LogP) is 5.60. The SMILES string of the molecule is Br.CCCCOc1c(N2CCC(OCC(=O)O)C2)cc(C(=O)CN2Cc3cc(OC)c(OC)c(F)c3C2=N)cc1C(C)(C)C. The molecule has 2 N–H and O–H groups in total. The number of ketones is 1. The number of anilines is 1.